The highest BCUT2D eigenvalue weighted by Crippen LogP contribution is 2.24. The van der Waals surface area contributed by atoms with Crippen LogP contribution >= 0.6 is 0 Å². The summed E-state index contributed by atoms with van der Waals surface area (Å²) in [5.41, 5.74) is 1.78. The summed E-state index contributed by atoms with van der Waals surface area (Å²) >= 11 is 0. The normalized spacial score (nSPS) is 11.2. The van der Waals surface area contributed by atoms with E-state index < -0.39 is 0 Å². The zero-order valence-corrected chi connectivity index (χ0v) is 10.2. The van der Waals surface area contributed by atoms with Crippen molar-refractivity contribution in [2.24, 2.45) is 0 Å². The third-order valence-corrected chi connectivity index (χ3v) is 2.64. The molecule has 0 saturated carbocycles. The quantitative estimate of drug-likeness (QED) is 0.626. The van der Waals surface area contributed by atoms with Crippen molar-refractivity contribution in [3.05, 3.63) is 33.9 Å². The predicted molar refractivity (Wildman–Crippen MR) is 65.8 cm³/mol. The topological polar surface area (TPSA) is 55.2 Å². The van der Waals surface area contributed by atoms with Crippen LogP contribution in [0.15, 0.2) is 18.2 Å². The second-order valence-electron chi connectivity index (χ2n) is 4.68. The van der Waals surface area contributed by atoms with Crippen LogP contribution in [-0.4, -0.2) is 10.5 Å². The Morgan fingerprint density at radius 1 is 1.38 bits per heavy atom. The summed E-state index contributed by atoms with van der Waals surface area (Å²) in [6.07, 6.45) is 0.953. The van der Waals surface area contributed by atoms with Gasteiger partial charge in [0.05, 0.1) is 4.92 Å². The van der Waals surface area contributed by atoms with E-state index in [-0.39, 0.29) is 16.1 Å². The predicted octanol–water partition coefficient (Wildman–Crippen LogP) is 3.50. The zero-order valence-electron chi connectivity index (χ0n) is 10.2. The van der Waals surface area contributed by atoms with Crippen molar-refractivity contribution in [2.45, 2.75) is 39.7 Å². The average molecular weight is 222 g/mol. The van der Waals surface area contributed by atoms with Crippen LogP contribution in [0.2, 0.25) is 0 Å². The Kier molecular flexibility index (Phi) is 3.52. The summed E-state index contributed by atoms with van der Waals surface area (Å²) in [4.78, 5) is 10.4. The second kappa shape index (κ2) is 4.51. The Morgan fingerprint density at radius 2 is 2.00 bits per heavy atom. The van der Waals surface area contributed by atoms with Gasteiger partial charge in [0.25, 0.3) is 5.69 Å². The molecule has 1 aromatic carbocycles. The molecule has 1 N–H and O–H groups in total. The van der Waals surface area contributed by atoms with Crippen LogP contribution in [0.3, 0.4) is 0 Å². The number of nitrogens with one attached hydrogen (secondary N) is 1. The molecule has 0 fully saturated rings. The maximum absolute atomic E-state index is 10.7. The summed E-state index contributed by atoms with van der Waals surface area (Å²) in [6, 6.07) is 5.07. The molecule has 0 unspecified atom stereocenters. The fourth-order valence-electron chi connectivity index (χ4n) is 1.42. The molecule has 88 valence electrons. The lowest BCUT2D eigenvalue weighted by atomic mass is 10.0. The summed E-state index contributed by atoms with van der Waals surface area (Å²) in [5.74, 6) is 0. The second-order valence-corrected chi connectivity index (χ2v) is 4.68. The molecule has 0 aromatic heterocycles. The van der Waals surface area contributed by atoms with Crippen molar-refractivity contribution >= 4 is 11.4 Å². The van der Waals surface area contributed by atoms with Gasteiger partial charge >= 0.3 is 0 Å². The number of hydrogen-bond acceptors (Lipinski definition) is 3. The number of non-ortho nitro benzene ring substituents is 1. The molecule has 4 nitrogen and oxygen atoms in total. The van der Waals surface area contributed by atoms with E-state index in [0.29, 0.717) is 0 Å². The molecule has 0 aliphatic rings. The van der Waals surface area contributed by atoms with Crippen LogP contribution in [-0.2, 0) is 0 Å². The van der Waals surface area contributed by atoms with Gasteiger partial charge in [-0.1, -0.05) is 6.92 Å². The fourth-order valence-corrected chi connectivity index (χ4v) is 1.42. The number of anilines is 1. The number of nitro benzene ring substituents is 1. The standard InChI is InChI=1S/C12H18N2O2/c1-5-12(3,4)13-10-6-9(2)7-11(8-10)14(15)16/h6-8,13H,5H2,1-4H3. The number of hydrogen-bond donors (Lipinski definition) is 1. The van der Waals surface area contributed by atoms with Gasteiger partial charge in [0.2, 0.25) is 0 Å². The lowest BCUT2D eigenvalue weighted by molar-refractivity contribution is -0.384. The van der Waals surface area contributed by atoms with E-state index in [1.165, 1.54) is 0 Å². The molecule has 0 saturated heterocycles. The van der Waals surface area contributed by atoms with Gasteiger partial charge in [-0.15, -0.1) is 0 Å². The fraction of sp³-hybridized carbons (Fsp3) is 0.500. The van der Waals surface area contributed by atoms with E-state index in [9.17, 15) is 10.1 Å². The van der Waals surface area contributed by atoms with Crippen molar-refractivity contribution < 1.29 is 4.92 Å². The zero-order chi connectivity index (χ0) is 12.3. The van der Waals surface area contributed by atoms with E-state index in [1.54, 1.807) is 12.1 Å². The summed E-state index contributed by atoms with van der Waals surface area (Å²) in [5, 5.41) is 14.0. The van der Waals surface area contributed by atoms with Crippen LogP contribution in [0, 0.1) is 17.0 Å². The molecule has 0 spiro atoms. The van der Waals surface area contributed by atoms with E-state index in [2.05, 4.69) is 26.1 Å². The van der Waals surface area contributed by atoms with Gasteiger partial charge in [-0.2, -0.15) is 0 Å². The number of aryl methyl sites for hydroxylation is 1. The molecule has 0 aliphatic heterocycles. The lowest BCUT2D eigenvalue weighted by Crippen LogP contribution is -2.29. The van der Waals surface area contributed by atoms with Crippen LogP contribution < -0.4 is 5.32 Å². The van der Waals surface area contributed by atoms with Crippen LogP contribution in [0.4, 0.5) is 11.4 Å². The largest absolute Gasteiger partial charge is 0.380 e. The Hall–Kier alpha value is -1.58. The number of rotatable bonds is 4. The van der Waals surface area contributed by atoms with Crippen LogP contribution in [0.25, 0.3) is 0 Å². The first-order valence-electron chi connectivity index (χ1n) is 5.38. The summed E-state index contributed by atoms with van der Waals surface area (Å²) < 4.78 is 0. The maximum atomic E-state index is 10.7. The Labute approximate surface area is 95.8 Å². The van der Waals surface area contributed by atoms with Gasteiger partial charge in [0, 0.05) is 23.4 Å². The number of nitro groups is 1. The molecular formula is C12H18N2O2. The van der Waals surface area contributed by atoms with E-state index in [1.807, 2.05) is 13.0 Å². The molecule has 0 radical (unpaired) electrons. The molecular weight excluding hydrogens is 204 g/mol. The van der Waals surface area contributed by atoms with Crippen molar-refractivity contribution in [2.75, 3.05) is 5.32 Å². The number of nitrogens with zero attached hydrogens (tertiary/aromatic N) is 1. The molecule has 0 aliphatic carbocycles. The molecule has 0 heterocycles. The molecule has 0 bridgehead atoms. The first-order valence-corrected chi connectivity index (χ1v) is 5.38. The third kappa shape index (κ3) is 3.22. The minimum atomic E-state index is -0.364. The molecule has 1 aromatic rings. The molecule has 16 heavy (non-hydrogen) atoms. The minimum Gasteiger partial charge on any atom is -0.380 e. The smallest absolute Gasteiger partial charge is 0.271 e. The Balaban J connectivity index is 3.01. The van der Waals surface area contributed by atoms with Crippen molar-refractivity contribution in [1.29, 1.82) is 0 Å². The van der Waals surface area contributed by atoms with Gasteiger partial charge in [0.1, 0.15) is 0 Å². The lowest BCUT2D eigenvalue weighted by Gasteiger charge is -2.26. The minimum absolute atomic E-state index is 0.0539. The monoisotopic (exact) mass is 222 g/mol. The van der Waals surface area contributed by atoms with Gasteiger partial charge in [-0.05, 0) is 38.8 Å². The summed E-state index contributed by atoms with van der Waals surface area (Å²) in [6.45, 7) is 8.08. The SMILES string of the molecule is CCC(C)(C)Nc1cc(C)cc([N+](=O)[O-])c1. The molecule has 4 heteroatoms. The highest BCUT2D eigenvalue weighted by Gasteiger charge is 2.16. The molecule has 0 atom stereocenters. The van der Waals surface area contributed by atoms with E-state index in [4.69, 9.17) is 0 Å². The third-order valence-electron chi connectivity index (χ3n) is 2.64. The van der Waals surface area contributed by atoms with E-state index >= 15 is 0 Å². The van der Waals surface area contributed by atoms with Crippen molar-refractivity contribution in [3.63, 3.8) is 0 Å². The van der Waals surface area contributed by atoms with Crippen LogP contribution in [0.5, 0.6) is 0 Å². The summed E-state index contributed by atoms with van der Waals surface area (Å²) in [7, 11) is 0. The van der Waals surface area contributed by atoms with Gasteiger partial charge < -0.3 is 5.32 Å². The highest BCUT2D eigenvalue weighted by atomic mass is 16.6. The first kappa shape index (κ1) is 12.5. The highest BCUT2D eigenvalue weighted by molar-refractivity contribution is 5.54. The van der Waals surface area contributed by atoms with Crippen LogP contribution in [0.1, 0.15) is 32.8 Å². The van der Waals surface area contributed by atoms with Crippen molar-refractivity contribution in [3.8, 4) is 0 Å². The molecule has 0 amide bonds. The van der Waals surface area contributed by atoms with Crippen molar-refractivity contribution in [1.82, 2.24) is 0 Å². The van der Waals surface area contributed by atoms with E-state index in [0.717, 1.165) is 17.7 Å². The first-order chi connectivity index (χ1) is 7.34. The van der Waals surface area contributed by atoms with Gasteiger partial charge in [0.15, 0.2) is 0 Å². The van der Waals surface area contributed by atoms with Gasteiger partial charge in [-0.3, -0.25) is 10.1 Å². The Bertz CT molecular complexity index is 400. The number of benzene rings is 1. The Morgan fingerprint density at radius 3 is 2.50 bits per heavy atom. The van der Waals surface area contributed by atoms with Gasteiger partial charge in [-0.25, -0.2) is 0 Å². The average Bonchev–Trinajstić information content (AvgIpc) is 2.16. The molecule has 1 rings (SSSR count). The maximum Gasteiger partial charge on any atom is 0.271 e.